The molecule has 1 aliphatic rings. The first-order valence-electron chi connectivity index (χ1n) is 6.62. The van der Waals surface area contributed by atoms with Gasteiger partial charge in [-0.2, -0.15) is 0 Å². The summed E-state index contributed by atoms with van der Waals surface area (Å²) in [6.45, 7) is 2.00. The van der Waals surface area contributed by atoms with E-state index >= 15 is 0 Å². The number of halogens is 2. The Kier molecular flexibility index (Phi) is 3.57. The SMILES string of the molecule is CNc1nc(C2CC2)nc(-c2cc(Cl)ccc2Cl)c1C. The summed E-state index contributed by atoms with van der Waals surface area (Å²) in [4.78, 5) is 9.31. The standard InChI is InChI=1S/C15H15Cl2N3/c1-8-13(11-7-10(16)5-6-12(11)17)19-15(9-3-4-9)20-14(8)18-2/h5-7,9H,3-4H2,1-2H3,(H,18,19,20). The van der Waals surface area contributed by atoms with Gasteiger partial charge >= 0.3 is 0 Å². The number of anilines is 1. The second-order valence-corrected chi connectivity index (χ2v) is 5.90. The second kappa shape index (κ2) is 5.23. The van der Waals surface area contributed by atoms with Crippen LogP contribution < -0.4 is 5.32 Å². The van der Waals surface area contributed by atoms with E-state index in [4.69, 9.17) is 28.2 Å². The largest absolute Gasteiger partial charge is 0.373 e. The van der Waals surface area contributed by atoms with Gasteiger partial charge in [-0.15, -0.1) is 0 Å². The van der Waals surface area contributed by atoms with Gasteiger partial charge in [-0.3, -0.25) is 0 Å². The molecule has 0 spiro atoms. The van der Waals surface area contributed by atoms with Gasteiger partial charge in [0.25, 0.3) is 0 Å². The molecule has 5 heteroatoms. The average molecular weight is 308 g/mol. The number of benzene rings is 1. The van der Waals surface area contributed by atoms with Crippen LogP contribution in [0.5, 0.6) is 0 Å². The number of nitrogens with one attached hydrogen (secondary N) is 1. The Balaban J connectivity index is 2.20. The summed E-state index contributed by atoms with van der Waals surface area (Å²) < 4.78 is 0. The van der Waals surface area contributed by atoms with Gasteiger partial charge in [0.05, 0.1) is 10.7 Å². The van der Waals surface area contributed by atoms with Gasteiger partial charge in [-0.05, 0) is 38.0 Å². The molecule has 1 heterocycles. The molecule has 1 N–H and O–H groups in total. The highest BCUT2D eigenvalue weighted by Crippen LogP contribution is 2.41. The number of hydrogen-bond acceptors (Lipinski definition) is 3. The molecule has 0 amide bonds. The Hall–Kier alpha value is -1.32. The third-order valence-electron chi connectivity index (χ3n) is 3.53. The predicted molar refractivity (Wildman–Crippen MR) is 83.7 cm³/mol. The summed E-state index contributed by atoms with van der Waals surface area (Å²) in [5.41, 5.74) is 2.71. The van der Waals surface area contributed by atoms with Crippen molar-refractivity contribution in [2.45, 2.75) is 25.7 Å². The Morgan fingerprint density at radius 3 is 2.60 bits per heavy atom. The van der Waals surface area contributed by atoms with Crippen molar-refractivity contribution in [3.8, 4) is 11.3 Å². The Labute approximate surface area is 128 Å². The van der Waals surface area contributed by atoms with Crippen LogP contribution in [-0.2, 0) is 0 Å². The fourth-order valence-corrected chi connectivity index (χ4v) is 2.62. The molecule has 0 aliphatic heterocycles. The quantitative estimate of drug-likeness (QED) is 0.894. The maximum atomic E-state index is 6.31. The lowest BCUT2D eigenvalue weighted by Crippen LogP contribution is -2.04. The molecule has 3 rings (SSSR count). The van der Waals surface area contributed by atoms with E-state index in [0.29, 0.717) is 16.0 Å². The molecule has 3 nitrogen and oxygen atoms in total. The number of rotatable bonds is 3. The van der Waals surface area contributed by atoms with E-state index in [-0.39, 0.29) is 0 Å². The molecule has 0 radical (unpaired) electrons. The normalized spacial score (nSPS) is 14.4. The van der Waals surface area contributed by atoms with Crippen molar-refractivity contribution in [3.05, 3.63) is 39.6 Å². The van der Waals surface area contributed by atoms with Gasteiger partial charge in [0.2, 0.25) is 0 Å². The van der Waals surface area contributed by atoms with Gasteiger partial charge in [0.15, 0.2) is 0 Å². The van der Waals surface area contributed by atoms with Crippen molar-refractivity contribution < 1.29 is 0 Å². The minimum atomic E-state index is 0.486. The fraction of sp³-hybridized carbons (Fsp3) is 0.333. The third-order valence-corrected chi connectivity index (χ3v) is 4.09. The number of hydrogen-bond donors (Lipinski definition) is 1. The van der Waals surface area contributed by atoms with Gasteiger partial charge in [0.1, 0.15) is 11.6 Å². The zero-order valence-corrected chi connectivity index (χ0v) is 12.9. The van der Waals surface area contributed by atoms with Crippen LogP contribution in [0.2, 0.25) is 10.0 Å². The number of aromatic nitrogens is 2. The smallest absolute Gasteiger partial charge is 0.134 e. The summed E-state index contributed by atoms with van der Waals surface area (Å²) in [7, 11) is 1.87. The van der Waals surface area contributed by atoms with E-state index in [9.17, 15) is 0 Å². The maximum absolute atomic E-state index is 6.31. The van der Waals surface area contributed by atoms with Crippen molar-refractivity contribution in [3.63, 3.8) is 0 Å². The van der Waals surface area contributed by atoms with Crippen molar-refractivity contribution in [2.75, 3.05) is 12.4 Å². The van der Waals surface area contributed by atoms with Crippen molar-refractivity contribution in [1.82, 2.24) is 9.97 Å². The minimum absolute atomic E-state index is 0.486. The van der Waals surface area contributed by atoms with Crippen molar-refractivity contribution in [1.29, 1.82) is 0 Å². The number of nitrogens with zero attached hydrogens (tertiary/aromatic N) is 2. The van der Waals surface area contributed by atoms with Crippen LogP contribution in [0.25, 0.3) is 11.3 Å². The molecule has 1 aromatic heterocycles. The molecule has 0 atom stereocenters. The van der Waals surface area contributed by atoms with Crippen LogP contribution in [0, 0.1) is 6.92 Å². The zero-order chi connectivity index (χ0) is 14.3. The molecule has 1 aliphatic carbocycles. The minimum Gasteiger partial charge on any atom is -0.373 e. The zero-order valence-electron chi connectivity index (χ0n) is 11.4. The van der Waals surface area contributed by atoms with Crippen LogP contribution in [0.1, 0.15) is 30.1 Å². The highest BCUT2D eigenvalue weighted by molar-refractivity contribution is 6.35. The summed E-state index contributed by atoms with van der Waals surface area (Å²) in [6, 6.07) is 5.44. The van der Waals surface area contributed by atoms with Gasteiger partial charge in [0, 0.05) is 29.1 Å². The van der Waals surface area contributed by atoms with Gasteiger partial charge in [-0.25, -0.2) is 9.97 Å². The Morgan fingerprint density at radius 1 is 1.20 bits per heavy atom. The Bertz CT molecular complexity index is 666. The van der Waals surface area contributed by atoms with Crippen LogP contribution >= 0.6 is 23.2 Å². The highest BCUT2D eigenvalue weighted by Gasteiger charge is 2.28. The van der Waals surface area contributed by atoms with E-state index in [2.05, 4.69) is 10.3 Å². The summed E-state index contributed by atoms with van der Waals surface area (Å²) in [6.07, 6.45) is 2.32. The van der Waals surface area contributed by atoms with Crippen molar-refractivity contribution >= 4 is 29.0 Å². The molecular formula is C15H15Cl2N3. The maximum Gasteiger partial charge on any atom is 0.134 e. The summed E-state index contributed by atoms with van der Waals surface area (Å²) >= 11 is 12.4. The molecule has 2 aromatic rings. The molecule has 1 saturated carbocycles. The van der Waals surface area contributed by atoms with Crippen LogP contribution in [-0.4, -0.2) is 17.0 Å². The molecule has 0 unspecified atom stereocenters. The van der Waals surface area contributed by atoms with Crippen LogP contribution in [0.3, 0.4) is 0 Å². The first kappa shape index (κ1) is 13.7. The Morgan fingerprint density at radius 2 is 1.95 bits per heavy atom. The predicted octanol–water partition coefficient (Wildman–Crippen LogP) is 4.68. The van der Waals surface area contributed by atoms with E-state index in [0.717, 1.165) is 41.3 Å². The average Bonchev–Trinajstić information content (AvgIpc) is 3.26. The van der Waals surface area contributed by atoms with Crippen LogP contribution in [0.4, 0.5) is 5.82 Å². The highest BCUT2D eigenvalue weighted by atomic mass is 35.5. The molecule has 0 saturated heterocycles. The van der Waals surface area contributed by atoms with E-state index in [1.165, 1.54) is 0 Å². The van der Waals surface area contributed by atoms with Gasteiger partial charge < -0.3 is 5.32 Å². The third kappa shape index (κ3) is 2.48. The van der Waals surface area contributed by atoms with E-state index in [1.807, 2.05) is 20.0 Å². The lowest BCUT2D eigenvalue weighted by Gasteiger charge is -2.13. The molecule has 1 fully saturated rings. The van der Waals surface area contributed by atoms with E-state index < -0.39 is 0 Å². The van der Waals surface area contributed by atoms with Crippen LogP contribution in [0.15, 0.2) is 18.2 Å². The molecule has 1 aromatic carbocycles. The first-order valence-corrected chi connectivity index (χ1v) is 7.37. The first-order chi connectivity index (χ1) is 9.60. The molecule has 104 valence electrons. The van der Waals surface area contributed by atoms with E-state index in [1.54, 1.807) is 12.1 Å². The lowest BCUT2D eigenvalue weighted by molar-refractivity contribution is 0.924. The second-order valence-electron chi connectivity index (χ2n) is 5.05. The fourth-order valence-electron chi connectivity index (χ4n) is 2.24. The van der Waals surface area contributed by atoms with Gasteiger partial charge in [-0.1, -0.05) is 23.2 Å². The summed E-state index contributed by atoms with van der Waals surface area (Å²) in [5.74, 6) is 2.23. The van der Waals surface area contributed by atoms with Crippen molar-refractivity contribution in [2.24, 2.45) is 0 Å². The lowest BCUT2D eigenvalue weighted by atomic mass is 10.1. The summed E-state index contributed by atoms with van der Waals surface area (Å²) in [5, 5.41) is 4.44. The monoisotopic (exact) mass is 307 g/mol. The topological polar surface area (TPSA) is 37.8 Å². The molecular weight excluding hydrogens is 293 g/mol. The molecule has 20 heavy (non-hydrogen) atoms. The molecule has 0 bridgehead atoms.